The number of rotatable bonds is 2. The molecule has 0 spiro atoms. The van der Waals surface area contributed by atoms with Crippen molar-refractivity contribution in [3.8, 4) is 6.07 Å². The Balaban J connectivity index is 2.30. The highest BCUT2D eigenvalue weighted by Crippen LogP contribution is 2.37. The standard InChI is InChI=1S/C28H43NO6/c1-17-12-18(2)14-20(4)27(32)21(16-29)8-5-6-11-25(22-9-7-10-23(22)28(33)34)35-26(31)15-24(30)19(3)13-17/h5-6,8,17-20,22-25,27,30,32H,7,9-15H2,1-4H3,(H,33,34)/b6-5+,21-8+/t17-,18+,19-,20+,22-,23+,24-,25-,27+/m1/s1. The number of aliphatic hydroxyl groups excluding tert-OH is 2. The molecule has 35 heavy (non-hydrogen) atoms. The van der Waals surface area contributed by atoms with E-state index >= 15 is 0 Å². The normalized spacial score (nSPS) is 40.9. The predicted octanol–water partition coefficient (Wildman–Crippen LogP) is 4.64. The van der Waals surface area contributed by atoms with E-state index in [-0.39, 0.29) is 29.7 Å². The van der Waals surface area contributed by atoms with E-state index in [9.17, 15) is 30.2 Å². The summed E-state index contributed by atoms with van der Waals surface area (Å²) in [6, 6.07) is 2.10. The number of aliphatic hydroxyl groups is 2. The molecule has 9 atom stereocenters. The van der Waals surface area contributed by atoms with Gasteiger partial charge in [-0.25, -0.2) is 0 Å². The summed E-state index contributed by atoms with van der Waals surface area (Å²) in [5.41, 5.74) is 0.282. The first-order valence-electron chi connectivity index (χ1n) is 13.1. The van der Waals surface area contributed by atoms with Gasteiger partial charge in [-0.1, -0.05) is 46.3 Å². The average molecular weight is 490 g/mol. The van der Waals surface area contributed by atoms with Crippen molar-refractivity contribution in [1.29, 1.82) is 5.26 Å². The van der Waals surface area contributed by atoms with Crippen LogP contribution in [-0.2, 0) is 14.3 Å². The molecule has 1 saturated carbocycles. The van der Waals surface area contributed by atoms with Crippen LogP contribution in [0.3, 0.4) is 0 Å². The first-order valence-corrected chi connectivity index (χ1v) is 13.1. The summed E-state index contributed by atoms with van der Waals surface area (Å²) in [6.07, 6.45) is 7.33. The number of nitriles is 1. The Bertz CT molecular complexity index is 815. The number of carbonyl (C=O) groups is 2. The summed E-state index contributed by atoms with van der Waals surface area (Å²) < 4.78 is 5.77. The van der Waals surface area contributed by atoms with Crippen LogP contribution in [0.5, 0.6) is 0 Å². The van der Waals surface area contributed by atoms with Gasteiger partial charge in [0.1, 0.15) is 6.10 Å². The topological polar surface area (TPSA) is 128 Å². The second-order valence-corrected chi connectivity index (χ2v) is 11.1. The number of hydrogen-bond donors (Lipinski definition) is 3. The number of hydrogen-bond acceptors (Lipinski definition) is 6. The zero-order valence-electron chi connectivity index (χ0n) is 21.6. The van der Waals surface area contributed by atoms with Crippen LogP contribution in [0.1, 0.15) is 79.1 Å². The van der Waals surface area contributed by atoms with Crippen LogP contribution in [-0.4, -0.2) is 45.6 Å². The van der Waals surface area contributed by atoms with Gasteiger partial charge < -0.3 is 20.1 Å². The van der Waals surface area contributed by atoms with Crippen LogP contribution in [0.2, 0.25) is 0 Å². The van der Waals surface area contributed by atoms with Gasteiger partial charge in [0.25, 0.3) is 0 Å². The highest BCUT2D eigenvalue weighted by Gasteiger charge is 2.39. The molecule has 7 nitrogen and oxygen atoms in total. The Morgan fingerprint density at radius 1 is 1.06 bits per heavy atom. The number of carboxylic acids is 1. The SMILES string of the molecule is C[C@@H]1C[C@H](C)C[C@H](C)[C@H](O)/C(C#N)=C/C=C/C[C@H]([C@@H]2CCC[C@@H]2C(=O)O)OC(=O)C[C@@H](O)[C@H](C)C1. The van der Waals surface area contributed by atoms with Gasteiger partial charge in [-0.05, 0) is 61.9 Å². The number of nitrogens with zero attached hydrogens (tertiary/aromatic N) is 1. The summed E-state index contributed by atoms with van der Waals surface area (Å²) in [5.74, 6) is -1.77. The molecule has 0 aromatic heterocycles. The van der Waals surface area contributed by atoms with Gasteiger partial charge in [-0.2, -0.15) is 5.26 Å². The summed E-state index contributed by atoms with van der Waals surface area (Å²) in [7, 11) is 0. The largest absolute Gasteiger partial charge is 0.481 e. The van der Waals surface area contributed by atoms with Crippen molar-refractivity contribution in [1.82, 2.24) is 0 Å². The van der Waals surface area contributed by atoms with Crippen molar-refractivity contribution in [2.75, 3.05) is 0 Å². The third-order valence-corrected chi connectivity index (χ3v) is 7.80. The molecule has 2 aliphatic rings. The fraction of sp³-hybridized carbons (Fsp3) is 0.750. The van der Waals surface area contributed by atoms with Crippen LogP contribution in [0, 0.1) is 46.8 Å². The lowest BCUT2D eigenvalue weighted by Gasteiger charge is -2.28. The molecule has 3 N–H and O–H groups in total. The molecule has 0 amide bonds. The maximum absolute atomic E-state index is 12.7. The van der Waals surface area contributed by atoms with E-state index in [4.69, 9.17) is 4.74 Å². The van der Waals surface area contributed by atoms with Gasteiger partial charge >= 0.3 is 11.9 Å². The third-order valence-electron chi connectivity index (χ3n) is 7.80. The van der Waals surface area contributed by atoms with Gasteiger partial charge in [0.05, 0.1) is 36.2 Å². The minimum absolute atomic E-state index is 0.0816. The predicted molar refractivity (Wildman–Crippen MR) is 133 cm³/mol. The molecule has 2 rings (SSSR count). The second kappa shape index (κ2) is 13.8. The Morgan fingerprint density at radius 3 is 2.34 bits per heavy atom. The summed E-state index contributed by atoms with van der Waals surface area (Å²) in [4.78, 5) is 24.5. The maximum Gasteiger partial charge on any atom is 0.308 e. The zero-order chi connectivity index (χ0) is 26.1. The summed E-state index contributed by atoms with van der Waals surface area (Å²) >= 11 is 0. The monoisotopic (exact) mass is 489 g/mol. The van der Waals surface area contributed by atoms with Crippen LogP contribution < -0.4 is 0 Å². The van der Waals surface area contributed by atoms with E-state index in [1.807, 2.05) is 13.8 Å². The second-order valence-electron chi connectivity index (χ2n) is 11.1. The van der Waals surface area contributed by atoms with E-state index in [0.29, 0.717) is 31.1 Å². The maximum atomic E-state index is 12.7. The highest BCUT2D eigenvalue weighted by molar-refractivity contribution is 5.72. The molecule has 0 aromatic rings. The van der Waals surface area contributed by atoms with Crippen LogP contribution >= 0.6 is 0 Å². The third kappa shape index (κ3) is 8.77. The van der Waals surface area contributed by atoms with Crippen molar-refractivity contribution in [2.24, 2.45) is 35.5 Å². The molecule has 0 radical (unpaired) electrons. The number of carbonyl (C=O) groups excluding carboxylic acids is 1. The van der Waals surface area contributed by atoms with Crippen LogP contribution in [0.15, 0.2) is 23.8 Å². The quantitative estimate of drug-likeness (QED) is 0.482. The van der Waals surface area contributed by atoms with Crippen molar-refractivity contribution < 1.29 is 29.6 Å². The van der Waals surface area contributed by atoms with Gasteiger partial charge in [0.15, 0.2) is 0 Å². The number of esters is 1. The van der Waals surface area contributed by atoms with E-state index in [1.165, 1.54) is 0 Å². The Morgan fingerprint density at radius 2 is 1.71 bits per heavy atom. The number of carboxylic acid groups (broad SMARTS) is 1. The lowest BCUT2D eigenvalue weighted by Crippen LogP contribution is -2.34. The molecule has 0 unspecified atom stereocenters. The first-order chi connectivity index (χ1) is 16.5. The fourth-order valence-electron chi connectivity index (χ4n) is 5.97. The van der Waals surface area contributed by atoms with Crippen LogP contribution in [0.4, 0.5) is 0 Å². The summed E-state index contributed by atoms with van der Waals surface area (Å²) in [5, 5.41) is 40.6. The minimum Gasteiger partial charge on any atom is -0.481 e. The lowest BCUT2D eigenvalue weighted by atomic mass is 9.82. The number of allylic oxidation sites excluding steroid dienone is 2. The van der Waals surface area contributed by atoms with E-state index in [0.717, 1.165) is 25.7 Å². The molecular formula is C28H43NO6. The number of aliphatic carboxylic acids is 1. The Hall–Kier alpha value is -2.17. The first kappa shape index (κ1) is 29.1. The van der Waals surface area contributed by atoms with Gasteiger partial charge in [-0.15, -0.1) is 0 Å². The van der Waals surface area contributed by atoms with E-state index in [1.54, 1.807) is 18.2 Å². The Labute approximate surface area is 209 Å². The number of cyclic esters (lactones) is 1. The smallest absolute Gasteiger partial charge is 0.308 e. The fourth-order valence-corrected chi connectivity index (χ4v) is 5.97. The van der Waals surface area contributed by atoms with Gasteiger partial charge in [-0.3, -0.25) is 9.59 Å². The molecule has 1 aliphatic heterocycles. The minimum atomic E-state index is -0.882. The van der Waals surface area contributed by atoms with Gasteiger partial charge in [0.2, 0.25) is 0 Å². The highest BCUT2D eigenvalue weighted by atomic mass is 16.5. The van der Waals surface area contributed by atoms with Crippen molar-refractivity contribution in [3.05, 3.63) is 23.8 Å². The lowest BCUT2D eigenvalue weighted by molar-refractivity contribution is -0.159. The van der Waals surface area contributed by atoms with Gasteiger partial charge in [0, 0.05) is 12.3 Å². The molecule has 1 fully saturated rings. The molecule has 7 heteroatoms. The average Bonchev–Trinajstić information content (AvgIpc) is 3.27. The van der Waals surface area contributed by atoms with E-state index in [2.05, 4.69) is 19.9 Å². The van der Waals surface area contributed by atoms with Crippen LogP contribution in [0.25, 0.3) is 0 Å². The van der Waals surface area contributed by atoms with E-state index < -0.39 is 36.2 Å². The molecule has 0 aromatic carbocycles. The molecule has 0 saturated heterocycles. The molecule has 196 valence electrons. The van der Waals surface area contributed by atoms with Crippen molar-refractivity contribution in [2.45, 2.75) is 97.4 Å². The molecule has 1 aliphatic carbocycles. The zero-order valence-corrected chi connectivity index (χ0v) is 21.6. The van der Waals surface area contributed by atoms with Crippen molar-refractivity contribution >= 4 is 11.9 Å². The van der Waals surface area contributed by atoms with Crippen molar-refractivity contribution in [3.63, 3.8) is 0 Å². The number of ether oxygens (including phenoxy) is 1. The molecule has 1 heterocycles. The summed E-state index contributed by atoms with van der Waals surface area (Å²) in [6.45, 7) is 8.16. The molecular weight excluding hydrogens is 446 g/mol. The Kier molecular flexibility index (Phi) is 11.5. The molecule has 0 bridgehead atoms.